The van der Waals surface area contributed by atoms with E-state index in [1.807, 2.05) is 0 Å². The molecule has 0 radical (unpaired) electrons. The molecule has 0 aliphatic heterocycles. The van der Waals surface area contributed by atoms with Crippen LogP contribution in [-0.2, 0) is 0 Å². The number of aromatic nitrogens is 2. The van der Waals surface area contributed by atoms with Crippen molar-refractivity contribution in [3.8, 4) is 17.2 Å². The normalized spacial score (nSPS) is 11.5. The van der Waals surface area contributed by atoms with E-state index < -0.39 is 11.7 Å². The van der Waals surface area contributed by atoms with Crippen molar-refractivity contribution in [3.63, 3.8) is 0 Å². The maximum Gasteiger partial charge on any atom is 0.280 e. The summed E-state index contributed by atoms with van der Waals surface area (Å²) in [4.78, 5) is 25.0. The Morgan fingerprint density at radius 1 is 1.10 bits per heavy atom. The molecule has 0 unspecified atom stereocenters. The number of benzene rings is 2. The van der Waals surface area contributed by atoms with Crippen molar-refractivity contribution in [1.29, 1.82) is 0 Å². The van der Waals surface area contributed by atoms with Gasteiger partial charge in [0.15, 0.2) is 11.5 Å². The molecule has 0 saturated carbocycles. The fourth-order valence-electron chi connectivity index (χ4n) is 2.70. The average Bonchev–Trinajstić information content (AvgIpc) is 2.98. The van der Waals surface area contributed by atoms with Gasteiger partial charge in [-0.3, -0.25) is 14.7 Å². The van der Waals surface area contributed by atoms with Crippen LogP contribution in [0.3, 0.4) is 0 Å². The second-order valence-electron chi connectivity index (χ2n) is 6.19. The number of hydrazone groups is 1. The molecule has 8 nitrogen and oxygen atoms in total. The predicted molar refractivity (Wildman–Crippen MR) is 111 cm³/mol. The minimum Gasteiger partial charge on any atom is -0.504 e. The number of aromatic hydroxyl groups is 2. The third-order valence-electron chi connectivity index (χ3n) is 4.16. The first-order valence-corrected chi connectivity index (χ1v) is 9.08. The van der Waals surface area contributed by atoms with Crippen molar-refractivity contribution in [2.45, 2.75) is 13.8 Å². The van der Waals surface area contributed by atoms with Crippen LogP contribution in [0.25, 0.3) is 5.69 Å². The smallest absolute Gasteiger partial charge is 0.280 e. The minimum absolute atomic E-state index is 0.0934. The van der Waals surface area contributed by atoms with Crippen molar-refractivity contribution in [2.75, 3.05) is 0 Å². The van der Waals surface area contributed by atoms with Crippen LogP contribution in [0.5, 0.6) is 11.5 Å². The van der Waals surface area contributed by atoms with Gasteiger partial charge in [0.25, 0.3) is 11.5 Å². The van der Waals surface area contributed by atoms with Crippen LogP contribution < -0.4 is 11.0 Å². The van der Waals surface area contributed by atoms with Crippen LogP contribution in [0, 0.1) is 6.92 Å². The Balaban J connectivity index is 1.89. The fraction of sp³-hybridized carbons (Fsp3) is 0.105. The van der Waals surface area contributed by atoms with Gasteiger partial charge >= 0.3 is 0 Å². The van der Waals surface area contributed by atoms with Gasteiger partial charge in [-0.2, -0.15) is 5.10 Å². The second-order valence-corrected chi connectivity index (χ2v) is 7.01. The molecule has 2 aromatic carbocycles. The maximum atomic E-state index is 12.8. The van der Waals surface area contributed by atoms with Crippen LogP contribution in [0.15, 0.2) is 46.3 Å². The molecule has 1 amide bonds. The average molecular weight is 435 g/mol. The van der Waals surface area contributed by atoms with E-state index in [0.29, 0.717) is 21.4 Å². The van der Waals surface area contributed by atoms with Crippen LogP contribution >= 0.6 is 23.2 Å². The van der Waals surface area contributed by atoms with Gasteiger partial charge in [0.2, 0.25) is 0 Å². The summed E-state index contributed by atoms with van der Waals surface area (Å²) >= 11 is 11.9. The summed E-state index contributed by atoms with van der Waals surface area (Å²) in [5, 5.41) is 26.4. The molecule has 10 heteroatoms. The van der Waals surface area contributed by atoms with Crippen molar-refractivity contribution < 1.29 is 15.0 Å². The largest absolute Gasteiger partial charge is 0.504 e. The van der Waals surface area contributed by atoms with Gasteiger partial charge in [-0.05, 0) is 50.2 Å². The highest BCUT2D eigenvalue weighted by Gasteiger charge is 2.16. The number of carbonyl (C=O) groups excluding carboxylic acids is 1. The number of hydrogen-bond acceptors (Lipinski definition) is 5. The Kier molecular flexibility index (Phi) is 5.67. The van der Waals surface area contributed by atoms with Gasteiger partial charge in [-0.15, -0.1) is 0 Å². The SMILES string of the molecule is CC(=NNC(=O)c1ccc(O)c(O)c1)c1c(C)[nH]n(-c2ccc(Cl)c(Cl)c2)c1=O. The van der Waals surface area contributed by atoms with Crippen LogP contribution in [0.1, 0.15) is 28.5 Å². The van der Waals surface area contributed by atoms with E-state index >= 15 is 0 Å². The number of aromatic amines is 1. The van der Waals surface area contributed by atoms with E-state index in [1.165, 1.54) is 16.8 Å². The zero-order valence-corrected chi connectivity index (χ0v) is 16.8. The maximum absolute atomic E-state index is 12.8. The first-order chi connectivity index (χ1) is 13.7. The van der Waals surface area contributed by atoms with E-state index in [2.05, 4.69) is 15.6 Å². The predicted octanol–water partition coefficient (Wildman–Crippen LogP) is 3.35. The van der Waals surface area contributed by atoms with E-state index in [0.717, 1.165) is 6.07 Å². The molecule has 29 heavy (non-hydrogen) atoms. The number of hydrogen-bond donors (Lipinski definition) is 4. The van der Waals surface area contributed by atoms with E-state index in [9.17, 15) is 19.8 Å². The first kappa shape index (κ1) is 20.5. The van der Waals surface area contributed by atoms with Crippen LogP contribution in [0.4, 0.5) is 0 Å². The quantitative estimate of drug-likeness (QED) is 0.285. The summed E-state index contributed by atoms with van der Waals surface area (Å²) < 4.78 is 1.30. The van der Waals surface area contributed by atoms with Gasteiger partial charge in [-0.25, -0.2) is 10.1 Å². The highest BCUT2D eigenvalue weighted by molar-refractivity contribution is 6.42. The van der Waals surface area contributed by atoms with E-state index in [1.54, 1.807) is 32.0 Å². The van der Waals surface area contributed by atoms with E-state index in [4.69, 9.17) is 23.2 Å². The van der Waals surface area contributed by atoms with Crippen LogP contribution in [-0.4, -0.2) is 31.6 Å². The molecule has 0 aliphatic carbocycles. The van der Waals surface area contributed by atoms with Crippen molar-refractivity contribution >= 4 is 34.8 Å². The molecule has 0 fully saturated rings. The van der Waals surface area contributed by atoms with Gasteiger partial charge in [0.1, 0.15) is 0 Å². The fourth-order valence-corrected chi connectivity index (χ4v) is 2.99. The van der Waals surface area contributed by atoms with Crippen molar-refractivity contribution in [3.05, 3.63) is 73.6 Å². The molecule has 3 aromatic rings. The Bertz CT molecular complexity index is 1200. The third-order valence-corrected chi connectivity index (χ3v) is 4.90. The van der Waals surface area contributed by atoms with Gasteiger partial charge in [0.05, 0.1) is 27.0 Å². The molecular formula is C19H16Cl2N4O4. The zero-order chi connectivity index (χ0) is 21.3. The van der Waals surface area contributed by atoms with Crippen molar-refractivity contribution in [1.82, 2.24) is 15.2 Å². The molecule has 150 valence electrons. The number of amides is 1. The Morgan fingerprint density at radius 3 is 2.48 bits per heavy atom. The lowest BCUT2D eigenvalue weighted by atomic mass is 10.2. The molecular weight excluding hydrogens is 419 g/mol. The summed E-state index contributed by atoms with van der Waals surface area (Å²) in [6.45, 7) is 3.27. The van der Waals surface area contributed by atoms with Gasteiger partial charge in [0, 0.05) is 11.3 Å². The standard InChI is InChI=1S/C19H16Cl2N4O4/c1-9(22-23-18(28)11-3-6-15(26)16(27)7-11)17-10(2)24-25(19(17)29)12-4-5-13(20)14(21)8-12/h3-8,24,26-27H,1-2H3,(H,23,28). The number of carbonyl (C=O) groups is 1. The number of nitrogens with one attached hydrogen (secondary N) is 2. The van der Waals surface area contributed by atoms with Gasteiger partial charge < -0.3 is 10.2 Å². The number of halogens is 2. The second kappa shape index (κ2) is 8.02. The summed E-state index contributed by atoms with van der Waals surface area (Å²) in [6.07, 6.45) is 0. The highest BCUT2D eigenvalue weighted by atomic mass is 35.5. The summed E-state index contributed by atoms with van der Waals surface area (Å²) in [5.74, 6) is -1.38. The number of phenolic OH excluding ortho intramolecular Hbond substituents is 2. The molecule has 0 aliphatic rings. The van der Waals surface area contributed by atoms with Crippen LogP contribution in [0.2, 0.25) is 10.0 Å². The Morgan fingerprint density at radius 2 is 1.83 bits per heavy atom. The molecule has 0 bridgehead atoms. The van der Waals surface area contributed by atoms with Crippen molar-refractivity contribution in [2.24, 2.45) is 5.10 Å². The van der Waals surface area contributed by atoms with E-state index in [-0.39, 0.29) is 28.1 Å². The lowest BCUT2D eigenvalue weighted by Gasteiger charge is -2.04. The number of phenols is 2. The minimum atomic E-state index is -0.613. The Hall–Kier alpha value is -3.23. The Labute approximate surface area is 175 Å². The molecule has 0 atom stereocenters. The number of nitrogens with zero attached hydrogens (tertiary/aromatic N) is 2. The number of aryl methyl sites for hydroxylation is 1. The number of rotatable bonds is 4. The third kappa shape index (κ3) is 4.13. The zero-order valence-electron chi connectivity index (χ0n) is 15.3. The topological polar surface area (TPSA) is 120 Å². The molecule has 3 rings (SSSR count). The summed E-state index contributed by atoms with van der Waals surface area (Å²) in [5.41, 5.74) is 3.63. The summed E-state index contributed by atoms with van der Waals surface area (Å²) in [7, 11) is 0. The molecule has 0 spiro atoms. The summed E-state index contributed by atoms with van der Waals surface area (Å²) in [6, 6.07) is 8.39. The first-order valence-electron chi connectivity index (χ1n) is 8.33. The monoisotopic (exact) mass is 434 g/mol. The molecule has 0 saturated heterocycles. The highest BCUT2D eigenvalue weighted by Crippen LogP contribution is 2.25. The lowest BCUT2D eigenvalue weighted by Crippen LogP contribution is -2.23. The van der Waals surface area contributed by atoms with Gasteiger partial charge in [-0.1, -0.05) is 23.2 Å². The number of H-pyrrole nitrogens is 1. The lowest BCUT2D eigenvalue weighted by molar-refractivity contribution is 0.0954. The molecule has 1 aromatic heterocycles. The molecule has 1 heterocycles. The molecule has 4 N–H and O–H groups in total.